The first-order chi connectivity index (χ1) is 11.1. The predicted molar refractivity (Wildman–Crippen MR) is 88.6 cm³/mol. The fraction of sp³-hybridized carbons (Fsp3) is 0.611. The first-order valence-electron chi connectivity index (χ1n) is 8.35. The van der Waals surface area contributed by atoms with Crippen LogP contribution in [0.25, 0.3) is 0 Å². The van der Waals surface area contributed by atoms with E-state index < -0.39 is 11.4 Å². The molecule has 126 valence electrons. The lowest BCUT2D eigenvalue weighted by atomic mass is 9.69. The van der Waals surface area contributed by atoms with E-state index in [4.69, 9.17) is 4.74 Å². The average molecular weight is 318 g/mol. The van der Waals surface area contributed by atoms with E-state index in [-0.39, 0.29) is 6.04 Å². The van der Waals surface area contributed by atoms with E-state index >= 15 is 0 Å². The van der Waals surface area contributed by atoms with Gasteiger partial charge in [-0.05, 0) is 38.9 Å². The number of carboxylic acid groups (broad SMARTS) is 1. The molecule has 2 aliphatic heterocycles. The number of fused-ring (bicyclic) bond motifs is 1. The highest BCUT2D eigenvalue weighted by Crippen LogP contribution is 2.41. The Labute approximate surface area is 137 Å². The molecule has 3 rings (SSSR count). The van der Waals surface area contributed by atoms with Gasteiger partial charge in [0.25, 0.3) is 0 Å². The number of hydrogen-bond acceptors (Lipinski definition) is 4. The number of para-hydroxylation sites is 1. The van der Waals surface area contributed by atoms with Gasteiger partial charge in [-0.25, -0.2) is 0 Å². The van der Waals surface area contributed by atoms with E-state index in [1.807, 2.05) is 18.2 Å². The Kier molecular flexibility index (Phi) is 4.60. The Morgan fingerprint density at radius 1 is 1.39 bits per heavy atom. The van der Waals surface area contributed by atoms with Crippen LogP contribution in [0, 0.1) is 5.41 Å². The van der Waals surface area contributed by atoms with Crippen molar-refractivity contribution >= 4 is 5.97 Å². The molecule has 2 fully saturated rings. The summed E-state index contributed by atoms with van der Waals surface area (Å²) in [5.74, 6) is 0.235. The molecule has 0 aromatic heterocycles. The van der Waals surface area contributed by atoms with Gasteiger partial charge in [-0.3, -0.25) is 9.69 Å². The second kappa shape index (κ2) is 6.49. The minimum atomic E-state index is -0.640. The number of benzene rings is 1. The molecular weight excluding hydrogens is 292 g/mol. The van der Waals surface area contributed by atoms with Gasteiger partial charge in [0.2, 0.25) is 0 Å². The molecule has 1 aromatic carbocycles. The van der Waals surface area contributed by atoms with Gasteiger partial charge < -0.3 is 14.7 Å². The van der Waals surface area contributed by atoms with E-state index in [1.165, 1.54) is 0 Å². The molecule has 5 nitrogen and oxygen atoms in total. The second-order valence-corrected chi connectivity index (χ2v) is 6.87. The fourth-order valence-electron chi connectivity index (χ4n) is 4.38. The van der Waals surface area contributed by atoms with Crippen LogP contribution >= 0.6 is 0 Å². The summed E-state index contributed by atoms with van der Waals surface area (Å²) in [4.78, 5) is 16.6. The molecule has 2 heterocycles. The normalized spacial score (nSPS) is 29.0. The molecule has 5 heteroatoms. The number of rotatable bonds is 4. The third-order valence-corrected chi connectivity index (χ3v) is 5.54. The van der Waals surface area contributed by atoms with Gasteiger partial charge >= 0.3 is 5.97 Å². The minimum Gasteiger partial charge on any atom is -0.496 e. The maximum absolute atomic E-state index is 12.1. The number of likely N-dealkylation sites (tertiary alicyclic amines) is 2. The number of piperidine rings is 2. The highest BCUT2D eigenvalue weighted by molar-refractivity contribution is 5.76. The Morgan fingerprint density at radius 2 is 2.17 bits per heavy atom. The van der Waals surface area contributed by atoms with Crippen molar-refractivity contribution in [2.75, 3.05) is 33.8 Å². The van der Waals surface area contributed by atoms with E-state index in [1.54, 1.807) is 7.11 Å². The summed E-state index contributed by atoms with van der Waals surface area (Å²) in [6.45, 7) is 3.30. The van der Waals surface area contributed by atoms with Crippen LogP contribution in [0.4, 0.5) is 0 Å². The van der Waals surface area contributed by atoms with E-state index in [0.717, 1.165) is 50.2 Å². The molecule has 23 heavy (non-hydrogen) atoms. The molecule has 0 bridgehead atoms. The Bertz CT molecular complexity index is 577. The van der Waals surface area contributed by atoms with Crippen LogP contribution in [-0.4, -0.2) is 60.7 Å². The first-order valence-corrected chi connectivity index (χ1v) is 8.35. The third kappa shape index (κ3) is 2.95. The number of ether oxygens (including phenoxy) is 1. The van der Waals surface area contributed by atoms with Crippen LogP contribution in [0.3, 0.4) is 0 Å². The molecule has 2 atom stereocenters. The third-order valence-electron chi connectivity index (χ3n) is 5.54. The van der Waals surface area contributed by atoms with E-state index in [2.05, 4.69) is 22.9 Å². The number of nitrogens with zero attached hydrogens (tertiary/aromatic N) is 2. The zero-order valence-corrected chi connectivity index (χ0v) is 14.0. The average Bonchev–Trinajstić information content (AvgIpc) is 2.55. The molecule has 0 spiro atoms. The highest BCUT2D eigenvalue weighted by Gasteiger charge is 2.52. The Hall–Kier alpha value is -1.59. The van der Waals surface area contributed by atoms with Gasteiger partial charge in [-0.1, -0.05) is 18.2 Å². The maximum Gasteiger partial charge on any atom is 0.312 e. The topological polar surface area (TPSA) is 53.0 Å². The van der Waals surface area contributed by atoms with Crippen LogP contribution in [0.2, 0.25) is 0 Å². The standard InChI is InChI=1S/C18H26N2O3/c1-19-10-5-9-18(17(21)22)13-20(11-8-16(18)19)12-14-6-3-4-7-15(14)23-2/h3-4,6-7,16H,5,8-13H2,1-2H3,(H,21,22)/t16-,18+/m1/s1. The Balaban J connectivity index is 1.80. The van der Waals surface area contributed by atoms with Crippen molar-refractivity contribution in [3.63, 3.8) is 0 Å². The van der Waals surface area contributed by atoms with Crippen molar-refractivity contribution in [1.29, 1.82) is 0 Å². The van der Waals surface area contributed by atoms with Crippen molar-refractivity contribution in [3.8, 4) is 5.75 Å². The quantitative estimate of drug-likeness (QED) is 0.921. The van der Waals surface area contributed by atoms with Crippen LogP contribution in [0.5, 0.6) is 5.75 Å². The lowest BCUT2D eigenvalue weighted by Crippen LogP contribution is -2.63. The van der Waals surface area contributed by atoms with Gasteiger partial charge in [0.15, 0.2) is 0 Å². The molecule has 0 saturated carbocycles. The molecule has 0 radical (unpaired) electrons. The Morgan fingerprint density at radius 3 is 2.91 bits per heavy atom. The lowest BCUT2D eigenvalue weighted by molar-refractivity contribution is -0.163. The zero-order valence-electron chi connectivity index (χ0n) is 14.0. The summed E-state index contributed by atoms with van der Waals surface area (Å²) >= 11 is 0. The van der Waals surface area contributed by atoms with Gasteiger partial charge in [-0.2, -0.15) is 0 Å². The smallest absolute Gasteiger partial charge is 0.312 e. The minimum absolute atomic E-state index is 0.155. The number of aliphatic carboxylic acids is 1. The van der Waals surface area contributed by atoms with Gasteiger partial charge in [0.1, 0.15) is 5.75 Å². The molecule has 1 aromatic rings. The molecule has 2 aliphatic rings. The number of carboxylic acids is 1. The van der Waals surface area contributed by atoms with Crippen molar-refractivity contribution in [1.82, 2.24) is 9.80 Å². The van der Waals surface area contributed by atoms with Gasteiger partial charge in [-0.15, -0.1) is 0 Å². The molecule has 1 N–H and O–H groups in total. The number of hydrogen-bond donors (Lipinski definition) is 1. The van der Waals surface area contributed by atoms with E-state index in [0.29, 0.717) is 6.54 Å². The van der Waals surface area contributed by atoms with Crippen molar-refractivity contribution in [3.05, 3.63) is 29.8 Å². The fourth-order valence-corrected chi connectivity index (χ4v) is 4.38. The summed E-state index contributed by atoms with van der Waals surface area (Å²) < 4.78 is 5.43. The molecular formula is C18H26N2O3. The molecule has 2 saturated heterocycles. The summed E-state index contributed by atoms with van der Waals surface area (Å²) in [6, 6.07) is 8.15. The van der Waals surface area contributed by atoms with E-state index in [9.17, 15) is 9.90 Å². The highest BCUT2D eigenvalue weighted by atomic mass is 16.5. The predicted octanol–water partition coefficient (Wildman–Crippen LogP) is 2.07. The molecule has 0 aliphatic carbocycles. The van der Waals surface area contributed by atoms with Gasteiger partial charge in [0.05, 0.1) is 12.5 Å². The monoisotopic (exact) mass is 318 g/mol. The largest absolute Gasteiger partial charge is 0.496 e. The van der Waals surface area contributed by atoms with Crippen LogP contribution in [0.1, 0.15) is 24.8 Å². The van der Waals surface area contributed by atoms with Crippen LogP contribution < -0.4 is 4.74 Å². The van der Waals surface area contributed by atoms with Gasteiger partial charge in [0, 0.05) is 31.2 Å². The maximum atomic E-state index is 12.1. The first kappa shape index (κ1) is 16.3. The van der Waals surface area contributed by atoms with Crippen LogP contribution in [-0.2, 0) is 11.3 Å². The SMILES string of the molecule is COc1ccccc1CN1CC[C@H]2N(C)CCC[C@]2(C(=O)O)C1. The summed E-state index contributed by atoms with van der Waals surface area (Å²) in [6.07, 6.45) is 2.65. The zero-order chi connectivity index (χ0) is 16.4. The molecule has 0 amide bonds. The van der Waals surface area contributed by atoms with Crippen LogP contribution in [0.15, 0.2) is 24.3 Å². The summed E-state index contributed by atoms with van der Waals surface area (Å²) in [5.41, 5.74) is 0.492. The molecule has 0 unspecified atom stereocenters. The van der Waals surface area contributed by atoms with Crippen molar-refractivity contribution in [2.45, 2.75) is 31.8 Å². The van der Waals surface area contributed by atoms with Crippen molar-refractivity contribution < 1.29 is 14.6 Å². The summed E-state index contributed by atoms with van der Waals surface area (Å²) in [7, 11) is 3.75. The lowest BCUT2D eigenvalue weighted by Gasteiger charge is -2.52. The summed E-state index contributed by atoms with van der Waals surface area (Å²) in [5, 5.41) is 9.95. The number of methoxy groups -OCH3 is 1. The van der Waals surface area contributed by atoms with Crippen molar-refractivity contribution in [2.24, 2.45) is 5.41 Å². The number of carbonyl (C=O) groups is 1. The second-order valence-electron chi connectivity index (χ2n) is 6.87.